The lowest BCUT2D eigenvalue weighted by Crippen LogP contribution is -2.33. The van der Waals surface area contributed by atoms with Gasteiger partial charge in [-0.05, 0) is 26.3 Å². The van der Waals surface area contributed by atoms with Crippen LogP contribution in [0.1, 0.15) is 46.5 Å². The number of unbranched alkanes of at least 4 members (excludes halogenated alkanes) is 2. The van der Waals surface area contributed by atoms with Crippen molar-refractivity contribution in [2.75, 3.05) is 13.2 Å². The molecule has 0 saturated carbocycles. The highest BCUT2D eigenvalue weighted by atomic mass is 16.6. The van der Waals surface area contributed by atoms with E-state index in [9.17, 15) is 9.59 Å². The van der Waals surface area contributed by atoms with Crippen LogP contribution < -0.4 is 0 Å². The molecule has 0 aliphatic heterocycles. The Morgan fingerprint density at radius 3 is 2.05 bits per heavy atom. The Balaban J connectivity index is 5.02. The van der Waals surface area contributed by atoms with Crippen LogP contribution in [0.15, 0.2) is 18.4 Å². The topological polar surface area (TPSA) is 52.6 Å². The fraction of sp³-hybridized carbons (Fsp3) is 0.688. The number of esters is 2. The molecule has 0 aliphatic carbocycles. The first-order chi connectivity index (χ1) is 9.62. The lowest BCUT2D eigenvalue weighted by Gasteiger charge is -2.21. The van der Waals surface area contributed by atoms with Crippen molar-refractivity contribution < 1.29 is 19.1 Å². The fourth-order valence-electron chi connectivity index (χ4n) is 2.04. The predicted molar refractivity (Wildman–Crippen MR) is 78.1 cm³/mol. The average molecular weight is 282 g/mol. The maximum absolute atomic E-state index is 12.0. The van der Waals surface area contributed by atoms with Gasteiger partial charge in [0.15, 0.2) is 5.92 Å². The van der Waals surface area contributed by atoms with Crippen molar-refractivity contribution in [3.8, 4) is 0 Å². The number of rotatable bonds is 10. The van der Waals surface area contributed by atoms with Crippen molar-refractivity contribution in [3.05, 3.63) is 18.4 Å². The van der Waals surface area contributed by atoms with Gasteiger partial charge < -0.3 is 9.47 Å². The van der Waals surface area contributed by atoms with Crippen molar-refractivity contribution in [3.63, 3.8) is 0 Å². The lowest BCUT2D eigenvalue weighted by molar-refractivity contribution is -0.163. The second-order valence-corrected chi connectivity index (χ2v) is 4.51. The second-order valence-electron chi connectivity index (χ2n) is 4.51. The molecule has 4 nitrogen and oxygen atoms in total. The summed E-state index contributed by atoms with van der Waals surface area (Å²) in [6.45, 7) is 9.56. The Hall–Kier alpha value is -1.54. The van der Waals surface area contributed by atoms with Crippen LogP contribution in [0.4, 0.5) is 0 Å². The summed E-state index contributed by atoms with van der Waals surface area (Å²) in [5.41, 5.74) is 2.68. The highest BCUT2D eigenvalue weighted by molar-refractivity contribution is 5.95. The van der Waals surface area contributed by atoms with Crippen molar-refractivity contribution in [2.45, 2.75) is 46.5 Å². The molecule has 114 valence electrons. The van der Waals surface area contributed by atoms with Gasteiger partial charge in [0.1, 0.15) is 0 Å². The number of allylic oxidation sites excluding steroid dienone is 1. The Bertz CT molecular complexity index is 324. The molecular formula is C16H26O4. The van der Waals surface area contributed by atoms with Gasteiger partial charge in [0.05, 0.1) is 13.2 Å². The third kappa shape index (κ3) is 6.58. The highest BCUT2D eigenvalue weighted by Crippen LogP contribution is 2.23. The molecule has 0 bridgehead atoms. The molecule has 0 N–H and O–H groups in total. The van der Waals surface area contributed by atoms with Crippen LogP contribution in [0.2, 0.25) is 0 Å². The van der Waals surface area contributed by atoms with E-state index in [0.717, 1.165) is 25.7 Å². The van der Waals surface area contributed by atoms with Gasteiger partial charge in [-0.25, -0.2) is 0 Å². The van der Waals surface area contributed by atoms with E-state index in [2.05, 4.69) is 19.2 Å². The van der Waals surface area contributed by atoms with Crippen LogP contribution >= 0.6 is 0 Å². The first-order valence-electron chi connectivity index (χ1n) is 7.31. The standard InChI is InChI=1S/C16H26O4/c1-5-9-10-12-13(11-6-2)14(15(17)19-7-3)16(18)20-8-4/h11,13-14H,2,5,7-10,12H2,1,3-4H3/t13-/m1/s1. The molecule has 1 atom stereocenters. The van der Waals surface area contributed by atoms with Crippen molar-refractivity contribution in [1.29, 1.82) is 0 Å². The molecule has 0 fully saturated rings. The van der Waals surface area contributed by atoms with Gasteiger partial charge in [0, 0.05) is 5.92 Å². The van der Waals surface area contributed by atoms with Gasteiger partial charge in [-0.1, -0.05) is 32.8 Å². The summed E-state index contributed by atoms with van der Waals surface area (Å²) < 4.78 is 9.99. The summed E-state index contributed by atoms with van der Waals surface area (Å²) in [6, 6.07) is 0. The van der Waals surface area contributed by atoms with Crippen LogP contribution in [0.5, 0.6) is 0 Å². The largest absolute Gasteiger partial charge is 0.465 e. The molecule has 0 heterocycles. The Labute approximate surface area is 121 Å². The first kappa shape index (κ1) is 18.5. The monoisotopic (exact) mass is 282 g/mol. The van der Waals surface area contributed by atoms with Gasteiger partial charge in [-0.15, -0.1) is 5.73 Å². The van der Waals surface area contributed by atoms with E-state index in [0.29, 0.717) is 0 Å². The van der Waals surface area contributed by atoms with E-state index in [4.69, 9.17) is 9.47 Å². The summed E-state index contributed by atoms with van der Waals surface area (Å²) in [5, 5.41) is 0. The number of carbonyl (C=O) groups excluding carboxylic acids is 2. The molecular weight excluding hydrogens is 256 g/mol. The van der Waals surface area contributed by atoms with E-state index in [1.54, 1.807) is 19.9 Å². The second kappa shape index (κ2) is 11.3. The SMILES string of the molecule is C=C=C[C@H](CCCCC)C(C(=O)OCC)C(=O)OCC. The molecule has 0 amide bonds. The zero-order chi connectivity index (χ0) is 15.4. The van der Waals surface area contributed by atoms with Crippen LogP contribution in [0.25, 0.3) is 0 Å². The Morgan fingerprint density at radius 2 is 1.65 bits per heavy atom. The number of hydrogen-bond acceptors (Lipinski definition) is 4. The molecule has 0 radical (unpaired) electrons. The summed E-state index contributed by atoms with van der Waals surface area (Å²) in [7, 11) is 0. The van der Waals surface area contributed by atoms with E-state index >= 15 is 0 Å². The van der Waals surface area contributed by atoms with E-state index < -0.39 is 17.9 Å². The fourth-order valence-corrected chi connectivity index (χ4v) is 2.04. The number of carbonyl (C=O) groups is 2. The normalized spacial score (nSPS) is 11.6. The molecule has 20 heavy (non-hydrogen) atoms. The van der Waals surface area contributed by atoms with Crippen molar-refractivity contribution in [2.24, 2.45) is 11.8 Å². The van der Waals surface area contributed by atoms with Gasteiger partial charge in [0.25, 0.3) is 0 Å². The predicted octanol–water partition coefficient (Wildman–Crippen LogP) is 3.27. The van der Waals surface area contributed by atoms with Crippen LogP contribution in [0.3, 0.4) is 0 Å². The molecule has 0 aromatic carbocycles. The van der Waals surface area contributed by atoms with Gasteiger partial charge in [-0.2, -0.15) is 0 Å². The molecule has 0 aliphatic rings. The zero-order valence-electron chi connectivity index (χ0n) is 12.8. The molecule has 0 aromatic heterocycles. The highest BCUT2D eigenvalue weighted by Gasteiger charge is 2.35. The lowest BCUT2D eigenvalue weighted by atomic mass is 9.87. The molecule has 4 heteroatoms. The van der Waals surface area contributed by atoms with Gasteiger partial charge >= 0.3 is 11.9 Å². The van der Waals surface area contributed by atoms with Crippen LogP contribution in [-0.2, 0) is 19.1 Å². The smallest absolute Gasteiger partial charge is 0.320 e. The Kier molecular flexibility index (Phi) is 10.4. The Morgan fingerprint density at radius 1 is 1.10 bits per heavy atom. The minimum atomic E-state index is -0.916. The minimum absolute atomic E-state index is 0.244. The summed E-state index contributed by atoms with van der Waals surface area (Å²) in [4.78, 5) is 24.0. The quantitative estimate of drug-likeness (QED) is 0.267. The molecule has 0 spiro atoms. The third-order valence-electron chi connectivity index (χ3n) is 2.98. The molecule has 0 rings (SSSR count). The first-order valence-corrected chi connectivity index (χ1v) is 7.31. The maximum Gasteiger partial charge on any atom is 0.320 e. The zero-order valence-corrected chi connectivity index (χ0v) is 12.8. The van der Waals surface area contributed by atoms with Crippen LogP contribution in [0, 0.1) is 11.8 Å². The minimum Gasteiger partial charge on any atom is -0.465 e. The average Bonchev–Trinajstić information content (AvgIpc) is 2.40. The van der Waals surface area contributed by atoms with Gasteiger partial charge in [0.2, 0.25) is 0 Å². The summed E-state index contributed by atoms with van der Waals surface area (Å²) >= 11 is 0. The summed E-state index contributed by atoms with van der Waals surface area (Å²) in [6.07, 6.45) is 5.47. The maximum atomic E-state index is 12.0. The summed E-state index contributed by atoms with van der Waals surface area (Å²) in [5.74, 6) is -2.24. The van der Waals surface area contributed by atoms with Gasteiger partial charge in [-0.3, -0.25) is 9.59 Å². The van der Waals surface area contributed by atoms with Crippen molar-refractivity contribution in [1.82, 2.24) is 0 Å². The van der Waals surface area contributed by atoms with E-state index in [-0.39, 0.29) is 19.1 Å². The number of ether oxygens (including phenoxy) is 2. The number of hydrogen-bond donors (Lipinski definition) is 0. The van der Waals surface area contributed by atoms with Crippen LogP contribution in [-0.4, -0.2) is 25.2 Å². The van der Waals surface area contributed by atoms with E-state index in [1.807, 2.05) is 0 Å². The van der Waals surface area contributed by atoms with E-state index in [1.165, 1.54) is 0 Å². The molecule has 0 unspecified atom stereocenters. The third-order valence-corrected chi connectivity index (χ3v) is 2.98. The van der Waals surface area contributed by atoms with Crippen molar-refractivity contribution >= 4 is 11.9 Å². The molecule has 0 saturated heterocycles. The molecule has 0 aromatic rings.